The molecule has 4 heteroatoms. The fraction of sp³-hybridized carbons (Fsp3) is 0.667. The molecular formula is C3H6N2O2. The summed E-state index contributed by atoms with van der Waals surface area (Å²) in [6.45, 7) is 0.739. The number of primary amides is 1. The molecule has 1 amide bonds. The van der Waals surface area contributed by atoms with Gasteiger partial charge in [-0.15, -0.1) is 0 Å². The number of rotatable bonds is 1. The van der Waals surface area contributed by atoms with Crippen molar-refractivity contribution in [3.63, 3.8) is 0 Å². The van der Waals surface area contributed by atoms with E-state index >= 15 is 0 Å². The van der Waals surface area contributed by atoms with Gasteiger partial charge in [0, 0.05) is 6.54 Å². The summed E-state index contributed by atoms with van der Waals surface area (Å²) in [6, 6.07) is 0. The first-order valence-corrected chi connectivity index (χ1v) is 1.98. The van der Waals surface area contributed by atoms with Crippen molar-refractivity contribution in [1.29, 1.82) is 0 Å². The van der Waals surface area contributed by atoms with E-state index in [9.17, 15) is 4.79 Å². The van der Waals surface area contributed by atoms with Crippen LogP contribution < -0.4 is 11.1 Å². The first-order valence-electron chi connectivity index (χ1n) is 1.98. The normalized spacial score (nSPS) is 26.6. The average molecular weight is 102 g/mol. The van der Waals surface area contributed by atoms with Crippen LogP contribution in [0, 0.1) is 0 Å². The van der Waals surface area contributed by atoms with Crippen molar-refractivity contribution in [2.24, 2.45) is 5.73 Å². The van der Waals surface area contributed by atoms with E-state index in [2.05, 4.69) is 15.8 Å². The summed E-state index contributed by atoms with van der Waals surface area (Å²) in [6.07, 6.45) is -0.813. The molecule has 0 saturated carbocycles. The van der Waals surface area contributed by atoms with Crippen LogP contribution in [0.4, 0.5) is 4.79 Å². The number of amides is 1. The van der Waals surface area contributed by atoms with Crippen LogP contribution in [-0.2, 0) is 4.74 Å². The Bertz CT molecular complexity index is 88.9. The molecule has 3 N–H and O–H groups in total. The minimum Gasteiger partial charge on any atom is -0.429 e. The molecule has 0 aromatic rings. The Labute approximate surface area is 40.6 Å². The summed E-state index contributed by atoms with van der Waals surface area (Å²) in [4.78, 5) is 9.81. The second-order valence-corrected chi connectivity index (χ2v) is 1.33. The number of hydrogen-bond donors (Lipinski definition) is 2. The molecule has 40 valence electrons. The Balaban J connectivity index is 2.08. The van der Waals surface area contributed by atoms with E-state index in [4.69, 9.17) is 0 Å². The lowest BCUT2D eigenvalue weighted by Crippen LogP contribution is -2.15. The maximum atomic E-state index is 9.81. The molecule has 0 aromatic carbocycles. The van der Waals surface area contributed by atoms with Crippen molar-refractivity contribution >= 4 is 6.09 Å². The standard InChI is InChI=1S/C3H6N2O2/c4-3(6)7-2-1-5-2/h2,5H,1H2,(H2,4,6). The summed E-state index contributed by atoms with van der Waals surface area (Å²) >= 11 is 0. The monoisotopic (exact) mass is 102 g/mol. The van der Waals surface area contributed by atoms with Crippen molar-refractivity contribution < 1.29 is 9.53 Å². The topological polar surface area (TPSA) is 74.3 Å². The molecule has 0 spiro atoms. The summed E-state index contributed by atoms with van der Waals surface area (Å²) < 4.78 is 4.39. The highest BCUT2D eigenvalue weighted by Crippen LogP contribution is 1.96. The van der Waals surface area contributed by atoms with Gasteiger partial charge in [0.25, 0.3) is 0 Å². The van der Waals surface area contributed by atoms with E-state index in [1.165, 1.54) is 0 Å². The van der Waals surface area contributed by atoms with E-state index < -0.39 is 6.09 Å². The van der Waals surface area contributed by atoms with Crippen LogP contribution >= 0.6 is 0 Å². The molecule has 7 heavy (non-hydrogen) atoms. The molecule has 1 aliphatic heterocycles. The maximum Gasteiger partial charge on any atom is 0.406 e. The van der Waals surface area contributed by atoms with Gasteiger partial charge in [-0.05, 0) is 0 Å². The zero-order valence-electron chi connectivity index (χ0n) is 3.68. The highest BCUT2D eigenvalue weighted by atomic mass is 16.6. The van der Waals surface area contributed by atoms with E-state index in [0.717, 1.165) is 6.54 Å². The summed E-state index contributed by atoms with van der Waals surface area (Å²) in [5, 5.41) is 2.74. The molecule has 0 aromatic heterocycles. The van der Waals surface area contributed by atoms with E-state index in [0.29, 0.717) is 0 Å². The van der Waals surface area contributed by atoms with Crippen LogP contribution in [0.3, 0.4) is 0 Å². The van der Waals surface area contributed by atoms with Crippen LogP contribution in [0.1, 0.15) is 0 Å². The summed E-state index contributed by atoms with van der Waals surface area (Å²) in [5.41, 5.74) is 4.63. The fourth-order valence-electron chi connectivity index (χ4n) is 0.272. The predicted molar refractivity (Wildman–Crippen MR) is 22.5 cm³/mol. The third-order valence-electron chi connectivity index (χ3n) is 0.629. The van der Waals surface area contributed by atoms with Gasteiger partial charge >= 0.3 is 6.09 Å². The van der Waals surface area contributed by atoms with Gasteiger partial charge in [0.2, 0.25) is 0 Å². The zero-order chi connectivity index (χ0) is 5.28. The number of carbonyl (C=O) groups excluding carboxylic acids is 1. The molecule has 4 nitrogen and oxygen atoms in total. The lowest BCUT2D eigenvalue weighted by molar-refractivity contribution is 0.148. The average Bonchev–Trinajstić information content (AvgIpc) is 2.17. The van der Waals surface area contributed by atoms with E-state index in [-0.39, 0.29) is 6.23 Å². The van der Waals surface area contributed by atoms with Crippen LogP contribution in [-0.4, -0.2) is 18.9 Å². The molecule has 1 unspecified atom stereocenters. The van der Waals surface area contributed by atoms with Crippen molar-refractivity contribution in [1.82, 2.24) is 5.32 Å². The summed E-state index contributed by atoms with van der Waals surface area (Å²) in [7, 11) is 0. The molecule has 1 fully saturated rings. The van der Waals surface area contributed by atoms with Crippen LogP contribution in [0.15, 0.2) is 0 Å². The van der Waals surface area contributed by atoms with E-state index in [1.807, 2.05) is 0 Å². The second-order valence-electron chi connectivity index (χ2n) is 1.33. The van der Waals surface area contributed by atoms with Gasteiger partial charge in [0.15, 0.2) is 6.23 Å². The molecule has 1 saturated heterocycles. The Hall–Kier alpha value is -0.770. The first-order chi connectivity index (χ1) is 3.29. The number of hydrogen-bond acceptors (Lipinski definition) is 3. The van der Waals surface area contributed by atoms with Crippen LogP contribution in [0.25, 0.3) is 0 Å². The molecular weight excluding hydrogens is 96.0 g/mol. The van der Waals surface area contributed by atoms with Gasteiger partial charge in [0.05, 0.1) is 0 Å². The van der Waals surface area contributed by atoms with Crippen molar-refractivity contribution in [3.8, 4) is 0 Å². The minimum atomic E-state index is -0.713. The quantitative estimate of drug-likeness (QED) is 0.417. The van der Waals surface area contributed by atoms with Gasteiger partial charge in [0.1, 0.15) is 0 Å². The number of nitrogens with two attached hydrogens (primary N) is 1. The van der Waals surface area contributed by atoms with Crippen molar-refractivity contribution in [2.75, 3.05) is 6.54 Å². The first kappa shape index (κ1) is 4.39. The van der Waals surface area contributed by atoms with E-state index in [1.54, 1.807) is 0 Å². The smallest absolute Gasteiger partial charge is 0.406 e. The Morgan fingerprint density at radius 1 is 2.00 bits per heavy atom. The second kappa shape index (κ2) is 1.38. The molecule has 0 radical (unpaired) electrons. The van der Waals surface area contributed by atoms with Gasteiger partial charge in [-0.1, -0.05) is 0 Å². The lowest BCUT2D eigenvalue weighted by Gasteiger charge is -1.90. The molecule has 0 aliphatic carbocycles. The highest BCUT2D eigenvalue weighted by Gasteiger charge is 2.22. The largest absolute Gasteiger partial charge is 0.429 e. The Morgan fingerprint density at radius 3 is 2.71 bits per heavy atom. The molecule has 1 aliphatic rings. The van der Waals surface area contributed by atoms with Gasteiger partial charge < -0.3 is 10.5 Å². The molecule has 1 heterocycles. The Morgan fingerprint density at radius 2 is 2.57 bits per heavy atom. The third kappa shape index (κ3) is 1.41. The highest BCUT2D eigenvalue weighted by molar-refractivity contribution is 5.65. The third-order valence-corrected chi connectivity index (χ3v) is 0.629. The number of carbonyl (C=O) groups is 1. The predicted octanol–water partition coefficient (Wildman–Crippen LogP) is -0.989. The van der Waals surface area contributed by atoms with Gasteiger partial charge in [-0.25, -0.2) is 4.79 Å². The lowest BCUT2D eigenvalue weighted by atomic mass is 10.9. The van der Waals surface area contributed by atoms with Crippen LogP contribution in [0.2, 0.25) is 0 Å². The zero-order valence-corrected chi connectivity index (χ0v) is 3.68. The number of nitrogens with one attached hydrogen (secondary N) is 1. The van der Waals surface area contributed by atoms with Gasteiger partial charge in [-0.2, -0.15) is 0 Å². The van der Waals surface area contributed by atoms with Crippen molar-refractivity contribution in [3.05, 3.63) is 0 Å². The fourth-order valence-corrected chi connectivity index (χ4v) is 0.272. The number of ether oxygens (including phenoxy) is 1. The molecule has 1 rings (SSSR count). The van der Waals surface area contributed by atoms with Gasteiger partial charge in [-0.3, -0.25) is 5.32 Å². The molecule has 1 atom stereocenters. The summed E-state index contributed by atoms with van der Waals surface area (Å²) in [5.74, 6) is 0. The minimum absolute atomic E-state index is 0.0995. The Kier molecular flexibility index (Phi) is 0.867. The SMILES string of the molecule is NC(=O)OC1CN1. The van der Waals surface area contributed by atoms with Crippen LogP contribution in [0.5, 0.6) is 0 Å². The maximum absolute atomic E-state index is 9.81. The van der Waals surface area contributed by atoms with Crippen molar-refractivity contribution in [2.45, 2.75) is 6.23 Å². The molecule has 0 bridgehead atoms.